The summed E-state index contributed by atoms with van der Waals surface area (Å²) in [6.07, 6.45) is 1.72. The third-order valence-corrected chi connectivity index (χ3v) is 3.60. The summed E-state index contributed by atoms with van der Waals surface area (Å²) in [5.74, 6) is 0. The van der Waals surface area contributed by atoms with Crippen molar-refractivity contribution in [3.8, 4) is 0 Å². The van der Waals surface area contributed by atoms with Crippen LogP contribution in [0.2, 0.25) is 0 Å². The van der Waals surface area contributed by atoms with Crippen molar-refractivity contribution < 1.29 is 4.92 Å². The van der Waals surface area contributed by atoms with Gasteiger partial charge in [-0.3, -0.25) is 14.8 Å². The monoisotopic (exact) mass is 288 g/mol. The number of non-ortho nitro benzene ring substituents is 1. The fraction of sp³-hybridized carbons (Fsp3) is 0.400. The lowest BCUT2D eigenvalue weighted by Gasteiger charge is -2.07. The molecule has 6 nitrogen and oxygen atoms in total. The quantitative estimate of drug-likeness (QED) is 0.653. The minimum atomic E-state index is -0.392. The van der Waals surface area contributed by atoms with Crippen molar-refractivity contribution in [2.45, 2.75) is 39.8 Å². The van der Waals surface area contributed by atoms with E-state index >= 15 is 0 Å². The van der Waals surface area contributed by atoms with Gasteiger partial charge in [-0.2, -0.15) is 5.10 Å². The zero-order valence-electron chi connectivity index (χ0n) is 12.4. The van der Waals surface area contributed by atoms with Gasteiger partial charge >= 0.3 is 0 Å². The van der Waals surface area contributed by atoms with Crippen LogP contribution < -0.4 is 5.73 Å². The van der Waals surface area contributed by atoms with Crippen LogP contribution in [0.1, 0.15) is 36.4 Å². The SMILES string of the molecule is CCc1nn(Cc2ccc([N+](=O)[O-])cc2)c(CC)c1CN. The number of aryl methyl sites for hydroxylation is 1. The summed E-state index contributed by atoms with van der Waals surface area (Å²) in [5, 5.41) is 15.3. The molecule has 1 heterocycles. The van der Waals surface area contributed by atoms with E-state index in [4.69, 9.17) is 5.73 Å². The first kappa shape index (κ1) is 15.2. The summed E-state index contributed by atoms with van der Waals surface area (Å²) in [5.41, 5.74) is 10.2. The Hall–Kier alpha value is -2.21. The molecule has 112 valence electrons. The van der Waals surface area contributed by atoms with Crippen LogP contribution in [-0.4, -0.2) is 14.7 Å². The average Bonchev–Trinajstić information content (AvgIpc) is 2.84. The molecule has 0 amide bonds. The lowest BCUT2D eigenvalue weighted by Crippen LogP contribution is -2.08. The Bertz CT molecular complexity index is 632. The maximum absolute atomic E-state index is 10.7. The molecule has 1 aromatic heterocycles. The average molecular weight is 288 g/mol. The van der Waals surface area contributed by atoms with Crippen LogP contribution in [0.3, 0.4) is 0 Å². The van der Waals surface area contributed by atoms with E-state index in [0.717, 1.165) is 35.4 Å². The van der Waals surface area contributed by atoms with E-state index < -0.39 is 4.92 Å². The van der Waals surface area contributed by atoms with Crippen molar-refractivity contribution in [2.24, 2.45) is 5.73 Å². The van der Waals surface area contributed by atoms with Gasteiger partial charge in [-0.1, -0.05) is 26.0 Å². The number of nitrogens with zero attached hydrogens (tertiary/aromatic N) is 3. The number of aromatic nitrogens is 2. The maximum Gasteiger partial charge on any atom is 0.269 e. The molecule has 0 radical (unpaired) electrons. The molecule has 0 bridgehead atoms. The number of hydrogen-bond acceptors (Lipinski definition) is 4. The molecule has 0 spiro atoms. The standard InChI is InChI=1S/C15H20N4O2/c1-3-14-13(9-16)15(4-2)18(17-14)10-11-5-7-12(8-6-11)19(20)21/h5-8H,3-4,9-10,16H2,1-2H3. The van der Waals surface area contributed by atoms with E-state index in [0.29, 0.717) is 13.1 Å². The van der Waals surface area contributed by atoms with Gasteiger partial charge in [0.1, 0.15) is 0 Å². The van der Waals surface area contributed by atoms with Crippen molar-refractivity contribution in [1.29, 1.82) is 0 Å². The van der Waals surface area contributed by atoms with E-state index in [2.05, 4.69) is 18.9 Å². The molecule has 2 aromatic rings. The Morgan fingerprint density at radius 2 is 1.90 bits per heavy atom. The summed E-state index contributed by atoms with van der Waals surface area (Å²) < 4.78 is 1.96. The highest BCUT2D eigenvalue weighted by molar-refractivity contribution is 5.34. The molecule has 0 saturated heterocycles. The number of hydrogen-bond donors (Lipinski definition) is 1. The second kappa shape index (κ2) is 6.49. The molecule has 0 aliphatic rings. The molecule has 0 saturated carbocycles. The van der Waals surface area contributed by atoms with E-state index in [9.17, 15) is 10.1 Å². The molecule has 0 aliphatic heterocycles. The zero-order chi connectivity index (χ0) is 15.4. The second-order valence-corrected chi connectivity index (χ2v) is 4.86. The van der Waals surface area contributed by atoms with Crippen LogP contribution in [0.15, 0.2) is 24.3 Å². The Labute approximate surface area is 123 Å². The summed E-state index contributed by atoms with van der Waals surface area (Å²) in [7, 11) is 0. The zero-order valence-corrected chi connectivity index (χ0v) is 12.4. The summed E-state index contributed by atoms with van der Waals surface area (Å²) >= 11 is 0. The predicted molar refractivity (Wildman–Crippen MR) is 81.1 cm³/mol. The number of nitro groups is 1. The smallest absolute Gasteiger partial charge is 0.269 e. The summed E-state index contributed by atoms with van der Waals surface area (Å²) in [6, 6.07) is 6.59. The van der Waals surface area contributed by atoms with Crippen LogP contribution in [0.5, 0.6) is 0 Å². The van der Waals surface area contributed by atoms with Crippen molar-refractivity contribution in [3.05, 3.63) is 56.9 Å². The summed E-state index contributed by atoms with van der Waals surface area (Å²) in [6.45, 7) is 5.25. The lowest BCUT2D eigenvalue weighted by atomic mass is 10.1. The lowest BCUT2D eigenvalue weighted by molar-refractivity contribution is -0.384. The van der Waals surface area contributed by atoms with Crippen molar-refractivity contribution in [1.82, 2.24) is 9.78 Å². The molecule has 0 atom stereocenters. The van der Waals surface area contributed by atoms with E-state index in [-0.39, 0.29) is 5.69 Å². The van der Waals surface area contributed by atoms with Crippen LogP contribution >= 0.6 is 0 Å². The highest BCUT2D eigenvalue weighted by Gasteiger charge is 2.14. The van der Waals surface area contributed by atoms with E-state index in [1.807, 2.05) is 4.68 Å². The Morgan fingerprint density at radius 3 is 2.38 bits per heavy atom. The minimum absolute atomic E-state index is 0.104. The van der Waals surface area contributed by atoms with Crippen LogP contribution in [0.25, 0.3) is 0 Å². The van der Waals surface area contributed by atoms with Crippen molar-refractivity contribution in [3.63, 3.8) is 0 Å². The van der Waals surface area contributed by atoms with Gasteiger partial charge in [0.05, 0.1) is 17.2 Å². The van der Waals surface area contributed by atoms with Crippen molar-refractivity contribution >= 4 is 5.69 Å². The van der Waals surface area contributed by atoms with Gasteiger partial charge in [0.2, 0.25) is 0 Å². The predicted octanol–water partition coefficient (Wildman–Crippen LogP) is 2.42. The number of benzene rings is 1. The van der Waals surface area contributed by atoms with E-state index in [1.54, 1.807) is 12.1 Å². The second-order valence-electron chi connectivity index (χ2n) is 4.86. The first-order valence-electron chi connectivity index (χ1n) is 7.11. The number of nitro benzene ring substituents is 1. The Kier molecular flexibility index (Phi) is 4.70. The minimum Gasteiger partial charge on any atom is -0.326 e. The molecule has 6 heteroatoms. The maximum atomic E-state index is 10.7. The molecular weight excluding hydrogens is 268 g/mol. The molecule has 0 fully saturated rings. The largest absolute Gasteiger partial charge is 0.326 e. The van der Waals surface area contributed by atoms with Gasteiger partial charge in [-0.15, -0.1) is 0 Å². The first-order chi connectivity index (χ1) is 10.1. The summed E-state index contributed by atoms with van der Waals surface area (Å²) in [4.78, 5) is 10.3. The fourth-order valence-electron chi connectivity index (χ4n) is 2.53. The normalized spacial score (nSPS) is 10.8. The Morgan fingerprint density at radius 1 is 1.24 bits per heavy atom. The van der Waals surface area contributed by atoms with E-state index in [1.165, 1.54) is 12.1 Å². The van der Waals surface area contributed by atoms with Crippen LogP contribution in [-0.2, 0) is 25.9 Å². The first-order valence-corrected chi connectivity index (χ1v) is 7.11. The highest BCUT2D eigenvalue weighted by atomic mass is 16.6. The van der Waals surface area contributed by atoms with Gasteiger partial charge in [0.25, 0.3) is 5.69 Å². The third-order valence-electron chi connectivity index (χ3n) is 3.60. The van der Waals surface area contributed by atoms with Gasteiger partial charge in [0.15, 0.2) is 0 Å². The highest BCUT2D eigenvalue weighted by Crippen LogP contribution is 2.18. The van der Waals surface area contributed by atoms with Gasteiger partial charge in [0, 0.05) is 29.9 Å². The molecule has 2 rings (SSSR count). The number of rotatable bonds is 6. The van der Waals surface area contributed by atoms with Gasteiger partial charge in [-0.05, 0) is 18.4 Å². The molecule has 0 unspecified atom stereocenters. The Balaban J connectivity index is 2.30. The van der Waals surface area contributed by atoms with Gasteiger partial charge < -0.3 is 5.73 Å². The van der Waals surface area contributed by atoms with Crippen molar-refractivity contribution in [2.75, 3.05) is 0 Å². The van der Waals surface area contributed by atoms with Crippen LogP contribution in [0.4, 0.5) is 5.69 Å². The third kappa shape index (κ3) is 3.11. The molecule has 0 aliphatic carbocycles. The molecule has 2 N–H and O–H groups in total. The molecule has 1 aromatic carbocycles. The van der Waals surface area contributed by atoms with Gasteiger partial charge in [-0.25, -0.2) is 0 Å². The molecular formula is C15H20N4O2. The molecule has 21 heavy (non-hydrogen) atoms. The topological polar surface area (TPSA) is 87.0 Å². The number of nitrogens with two attached hydrogens (primary N) is 1. The fourth-order valence-corrected chi connectivity index (χ4v) is 2.53. The van der Waals surface area contributed by atoms with Crippen LogP contribution in [0, 0.1) is 10.1 Å².